The van der Waals surface area contributed by atoms with Gasteiger partial charge in [-0.3, -0.25) is 0 Å². The molecule has 1 aromatic carbocycles. The summed E-state index contributed by atoms with van der Waals surface area (Å²) in [7, 11) is 1.67. The number of nitrogens with zero attached hydrogens (tertiary/aromatic N) is 5. The Kier molecular flexibility index (Phi) is 6.48. The zero-order valence-corrected chi connectivity index (χ0v) is 23.2. The quantitative estimate of drug-likeness (QED) is 0.339. The number of nitrogens with one attached hydrogen (secondary N) is 1. The van der Waals surface area contributed by atoms with Crippen molar-refractivity contribution in [3.8, 4) is 5.75 Å². The second-order valence-electron chi connectivity index (χ2n) is 11.4. The predicted octanol–water partition coefficient (Wildman–Crippen LogP) is 5.20. The van der Waals surface area contributed by atoms with Crippen LogP contribution in [0, 0.1) is 0 Å². The van der Waals surface area contributed by atoms with Gasteiger partial charge in [0.25, 0.3) is 0 Å². The van der Waals surface area contributed by atoms with E-state index < -0.39 is 5.79 Å². The van der Waals surface area contributed by atoms with Crippen molar-refractivity contribution in [2.75, 3.05) is 19.0 Å². The average molecular weight is 545 g/mol. The second kappa shape index (κ2) is 10.2. The summed E-state index contributed by atoms with van der Waals surface area (Å²) in [6.07, 6.45) is 11.8. The Hall–Kier alpha value is -3.47. The van der Waals surface area contributed by atoms with Gasteiger partial charge < -0.3 is 28.8 Å². The van der Waals surface area contributed by atoms with Gasteiger partial charge in [-0.2, -0.15) is 5.10 Å². The van der Waals surface area contributed by atoms with Crippen LogP contribution >= 0.6 is 0 Å². The molecule has 0 bridgehead atoms. The Bertz CT molecular complexity index is 1480. The molecule has 3 aromatic heterocycles. The lowest BCUT2D eigenvalue weighted by molar-refractivity contribution is -0.157. The highest BCUT2D eigenvalue weighted by Gasteiger charge is 2.55. The summed E-state index contributed by atoms with van der Waals surface area (Å²) in [5.74, 6) is 1.15. The average Bonchev–Trinajstić information content (AvgIpc) is 3.75. The molecule has 1 unspecified atom stereocenters. The van der Waals surface area contributed by atoms with Crippen molar-refractivity contribution in [2.45, 2.75) is 82.3 Å². The summed E-state index contributed by atoms with van der Waals surface area (Å²) < 4.78 is 28.5. The largest absolute Gasteiger partial charge is 0.497 e. The summed E-state index contributed by atoms with van der Waals surface area (Å²) >= 11 is 0. The molecule has 2 saturated heterocycles. The summed E-state index contributed by atoms with van der Waals surface area (Å²) in [5.41, 5.74) is 3.20. The lowest BCUT2D eigenvalue weighted by Gasteiger charge is -2.24. The van der Waals surface area contributed by atoms with Gasteiger partial charge in [-0.15, -0.1) is 0 Å². The minimum atomic E-state index is -0.655. The van der Waals surface area contributed by atoms with E-state index >= 15 is 0 Å². The second-order valence-corrected chi connectivity index (χ2v) is 11.4. The maximum Gasteiger partial charge on any atom is 0.163 e. The number of benzene rings is 1. The highest BCUT2D eigenvalue weighted by atomic mass is 16.8. The normalized spacial score (nSPS) is 27.6. The Morgan fingerprint density at radius 1 is 1.07 bits per heavy atom. The topological polar surface area (TPSA) is 97.5 Å². The number of methoxy groups -OCH3 is 1. The van der Waals surface area contributed by atoms with Crippen LogP contribution in [0.1, 0.15) is 68.8 Å². The van der Waals surface area contributed by atoms with Crippen molar-refractivity contribution in [2.24, 2.45) is 0 Å². The SMILES string of the molecule is COc1ccc(CNc2ncnc3c2ccn3[C@@H]2C[C@H](c3cnn(C4CCCCO4)c3)[C@H]3OC(C)(C)O[C@H]32)cc1. The molecule has 7 rings (SSSR count). The number of hydrogen-bond acceptors (Lipinski definition) is 8. The first-order valence-corrected chi connectivity index (χ1v) is 14.2. The van der Waals surface area contributed by atoms with Crippen LogP contribution in [-0.2, 0) is 20.8 Å². The van der Waals surface area contributed by atoms with Crippen LogP contribution in [-0.4, -0.2) is 56.0 Å². The fourth-order valence-corrected chi connectivity index (χ4v) is 6.49. The summed E-state index contributed by atoms with van der Waals surface area (Å²) in [5, 5.41) is 9.16. The monoisotopic (exact) mass is 544 g/mol. The van der Waals surface area contributed by atoms with Gasteiger partial charge in [0, 0.05) is 31.5 Å². The summed E-state index contributed by atoms with van der Waals surface area (Å²) in [6, 6.07) is 10.2. The maximum absolute atomic E-state index is 6.52. The highest BCUT2D eigenvalue weighted by Crippen LogP contribution is 2.51. The number of aromatic nitrogens is 5. The molecule has 210 valence electrons. The molecular formula is C30H36N6O4. The zero-order chi connectivity index (χ0) is 27.3. The number of anilines is 1. The lowest BCUT2D eigenvalue weighted by Crippen LogP contribution is -2.27. The van der Waals surface area contributed by atoms with Crippen LogP contribution in [0.5, 0.6) is 5.75 Å². The van der Waals surface area contributed by atoms with E-state index in [2.05, 4.69) is 45.5 Å². The highest BCUT2D eigenvalue weighted by molar-refractivity contribution is 5.87. The third-order valence-electron chi connectivity index (χ3n) is 8.42. The lowest BCUT2D eigenvalue weighted by atomic mass is 9.98. The molecule has 3 aliphatic rings. The molecule has 3 fully saturated rings. The molecular weight excluding hydrogens is 508 g/mol. The van der Waals surface area contributed by atoms with E-state index in [4.69, 9.17) is 29.0 Å². The van der Waals surface area contributed by atoms with Crippen LogP contribution in [0.4, 0.5) is 5.82 Å². The van der Waals surface area contributed by atoms with Gasteiger partial charge in [-0.05, 0) is 68.9 Å². The molecule has 5 atom stereocenters. The van der Waals surface area contributed by atoms with Gasteiger partial charge in [0.2, 0.25) is 0 Å². The Morgan fingerprint density at radius 2 is 1.93 bits per heavy atom. The molecule has 1 aliphatic carbocycles. The van der Waals surface area contributed by atoms with Crippen LogP contribution in [0.3, 0.4) is 0 Å². The molecule has 40 heavy (non-hydrogen) atoms. The molecule has 2 aliphatic heterocycles. The number of ether oxygens (including phenoxy) is 4. The molecule has 0 radical (unpaired) electrons. The Labute approximate surface area is 233 Å². The van der Waals surface area contributed by atoms with Crippen molar-refractivity contribution in [1.82, 2.24) is 24.3 Å². The summed E-state index contributed by atoms with van der Waals surface area (Å²) in [4.78, 5) is 9.26. The first-order chi connectivity index (χ1) is 19.5. The van der Waals surface area contributed by atoms with Crippen molar-refractivity contribution >= 4 is 16.9 Å². The van der Waals surface area contributed by atoms with Gasteiger partial charge in [0.1, 0.15) is 35.9 Å². The predicted molar refractivity (Wildman–Crippen MR) is 149 cm³/mol. The Morgan fingerprint density at radius 3 is 2.73 bits per heavy atom. The maximum atomic E-state index is 6.52. The fraction of sp³-hybridized carbons (Fsp3) is 0.500. The fourth-order valence-electron chi connectivity index (χ4n) is 6.49. The van der Waals surface area contributed by atoms with Gasteiger partial charge in [-0.1, -0.05) is 12.1 Å². The molecule has 5 heterocycles. The molecule has 4 aromatic rings. The van der Waals surface area contributed by atoms with Crippen molar-refractivity contribution < 1.29 is 18.9 Å². The van der Waals surface area contributed by atoms with E-state index in [1.54, 1.807) is 13.4 Å². The van der Waals surface area contributed by atoms with Gasteiger partial charge in [0.15, 0.2) is 5.79 Å². The third kappa shape index (κ3) is 4.63. The smallest absolute Gasteiger partial charge is 0.163 e. The van der Waals surface area contributed by atoms with E-state index in [0.29, 0.717) is 6.54 Å². The summed E-state index contributed by atoms with van der Waals surface area (Å²) in [6.45, 7) is 5.43. The first kappa shape index (κ1) is 25.5. The van der Waals surface area contributed by atoms with E-state index in [1.165, 1.54) is 12.0 Å². The molecule has 0 spiro atoms. The standard InChI is InChI=1S/C30H36N6O4/c1-30(2)39-26-23(20-16-34-36(17-20)25-6-4-5-13-38-25)14-24(27(26)40-30)35-12-11-22-28(32-18-33-29(22)35)31-15-19-7-9-21(37-3)10-8-19/h7-12,16-18,23-27H,4-6,13-15H2,1-3H3,(H,31,32,33)/t23-,24-,25?,26-,27+/m1/s1. The van der Waals surface area contributed by atoms with Crippen LogP contribution in [0.15, 0.2) is 55.2 Å². The molecule has 10 heteroatoms. The van der Waals surface area contributed by atoms with Crippen LogP contribution in [0.25, 0.3) is 11.0 Å². The molecule has 0 amide bonds. The van der Waals surface area contributed by atoms with E-state index in [9.17, 15) is 0 Å². The molecule has 1 saturated carbocycles. The van der Waals surface area contributed by atoms with Crippen LogP contribution < -0.4 is 10.1 Å². The van der Waals surface area contributed by atoms with E-state index in [-0.39, 0.29) is 30.4 Å². The third-order valence-corrected chi connectivity index (χ3v) is 8.42. The molecule has 10 nitrogen and oxygen atoms in total. The van der Waals surface area contributed by atoms with E-state index in [0.717, 1.165) is 54.0 Å². The molecule has 1 N–H and O–H groups in total. The van der Waals surface area contributed by atoms with E-state index in [1.807, 2.05) is 36.9 Å². The first-order valence-electron chi connectivity index (χ1n) is 14.2. The van der Waals surface area contributed by atoms with Gasteiger partial charge >= 0.3 is 0 Å². The minimum absolute atomic E-state index is 0.0154. The van der Waals surface area contributed by atoms with Crippen molar-refractivity contribution in [1.29, 1.82) is 0 Å². The van der Waals surface area contributed by atoms with Gasteiger partial charge in [-0.25, -0.2) is 14.6 Å². The number of hydrogen-bond donors (Lipinski definition) is 1. The van der Waals surface area contributed by atoms with Crippen LogP contribution in [0.2, 0.25) is 0 Å². The van der Waals surface area contributed by atoms with Crippen molar-refractivity contribution in [3.63, 3.8) is 0 Å². The van der Waals surface area contributed by atoms with Gasteiger partial charge in [0.05, 0.1) is 30.8 Å². The Balaban J connectivity index is 1.15. The number of rotatable bonds is 7. The van der Waals surface area contributed by atoms with Crippen molar-refractivity contribution in [3.05, 3.63) is 66.4 Å². The number of fused-ring (bicyclic) bond motifs is 2. The minimum Gasteiger partial charge on any atom is -0.497 e. The zero-order valence-electron chi connectivity index (χ0n) is 23.2.